The lowest BCUT2D eigenvalue weighted by Crippen LogP contribution is -2.17. The molecule has 17 heavy (non-hydrogen) atoms. The molecular formula is C13H17FN2O. The number of benzene rings is 1. The van der Waals surface area contributed by atoms with Crippen molar-refractivity contribution in [2.45, 2.75) is 26.8 Å². The van der Waals surface area contributed by atoms with E-state index in [4.69, 9.17) is 5.73 Å². The van der Waals surface area contributed by atoms with Crippen LogP contribution in [0.5, 0.6) is 0 Å². The van der Waals surface area contributed by atoms with Gasteiger partial charge in [-0.15, -0.1) is 0 Å². The van der Waals surface area contributed by atoms with E-state index in [0.29, 0.717) is 11.3 Å². The van der Waals surface area contributed by atoms with Crippen LogP contribution in [-0.4, -0.2) is 5.91 Å². The van der Waals surface area contributed by atoms with E-state index in [0.717, 1.165) is 6.42 Å². The molecule has 1 unspecified atom stereocenters. The summed E-state index contributed by atoms with van der Waals surface area (Å²) in [7, 11) is 0. The van der Waals surface area contributed by atoms with Crippen LogP contribution in [0.1, 0.15) is 25.8 Å². The van der Waals surface area contributed by atoms with Gasteiger partial charge in [0.15, 0.2) is 0 Å². The molecule has 1 aliphatic carbocycles. The molecule has 1 aliphatic rings. The van der Waals surface area contributed by atoms with Gasteiger partial charge in [0.1, 0.15) is 5.82 Å². The van der Waals surface area contributed by atoms with E-state index in [2.05, 4.69) is 19.2 Å². The molecule has 3 nitrogen and oxygen atoms in total. The molecule has 0 aromatic heterocycles. The van der Waals surface area contributed by atoms with Crippen molar-refractivity contribution in [3.8, 4) is 0 Å². The second-order valence-corrected chi connectivity index (χ2v) is 5.24. The number of nitrogens with one attached hydrogen (secondary N) is 1. The summed E-state index contributed by atoms with van der Waals surface area (Å²) in [5.74, 6) is -0.268. The van der Waals surface area contributed by atoms with Gasteiger partial charge in [-0.2, -0.15) is 0 Å². The van der Waals surface area contributed by atoms with Gasteiger partial charge in [-0.05, 0) is 30.0 Å². The summed E-state index contributed by atoms with van der Waals surface area (Å²) in [6.45, 7) is 4.25. The fraction of sp³-hybridized carbons (Fsp3) is 0.462. The average molecular weight is 236 g/mol. The third-order valence-electron chi connectivity index (χ3n) is 3.36. The maximum Gasteiger partial charge on any atom is 0.228 e. The molecule has 2 rings (SSSR count). The van der Waals surface area contributed by atoms with Crippen molar-refractivity contribution >= 4 is 11.6 Å². The molecule has 1 aromatic rings. The van der Waals surface area contributed by atoms with Gasteiger partial charge in [0, 0.05) is 23.7 Å². The molecule has 0 bridgehead atoms. The molecule has 0 heterocycles. The summed E-state index contributed by atoms with van der Waals surface area (Å²) >= 11 is 0. The first-order valence-electron chi connectivity index (χ1n) is 5.73. The van der Waals surface area contributed by atoms with Gasteiger partial charge < -0.3 is 11.1 Å². The molecule has 1 atom stereocenters. The van der Waals surface area contributed by atoms with E-state index in [1.54, 1.807) is 12.1 Å². The Morgan fingerprint density at radius 3 is 2.76 bits per heavy atom. The van der Waals surface area contributed by atoms with Crippen molar-refractivity contribution < 1.29 is 9.18 Å². The molecule has 1 saturated carbocycles. The standard InChI is InChI=1S/C13H17FN2O/c1-13(2)6-10(13)12(17)16-9-3-4-11(14)8(5-9)7-15/h3-5,10H,6-7,15H2,1-2H3,(H,16,17). The van der Waals surface area contributed by atoms with E-state index in [9.17, 15) is 9.18 Å². The van der Waals surface area contributed by atoms with Crippen molar-refractivity contribution in [3.63, 3.8) is 0 Å². The Balaban J connectivity index is 2.07. The van der Waals surface area contributed by atoms with Gasteiger partial charge in [-0.1, -0.05) is 13.8 Å². The largest absolute Gasteiger partial charge is 0.326 e. The third-order valence-corrected chi connectivity index (χ3v) is 3.36. The Morgan fingerprint density at radius 2 is 2.24 bits per heavy atom. The highest BCUT2D eigenvalue weighted by Gasteiger charge is 2.50. The number of amides is 1. The van der Waals surface area contributed by atoms with Gasteiger partial charge >= 0.3 is 0 Å². The lowest BCUT2D eigenvalue weighted by atomic mass is 10.1. The number of rotatable bonds is 3. The fourth-order valence-corrected chi connectivity index (χ4v) is 1.95. The quantitative estimate of drug-likeness (QED) is 0.845. The van der Waals surface area contributed by atoms with Crippen LogP contribution in [0.2, 0.25) is 0 Å². The van der Waals surface area contributed by atoms with Crippen molar-refractivity contribution in [3.05, 3.63) is 29.6 Å². The lowest BCUT2D eigenvalue weighted by molar-refractivity contribution is -0.118. The molecule has 0 aliphatic heterocycles. The van der Waals surface area contributed by atoms with Crippen molar-refractivity contribution in [2.75, 3.05) is 5.32 Å². The predicted octanol–water partition coefficient (Wildman–Crippen LogP) is 2.27. The Bertz CT molecular complexity index is 457. The van der Waals surface area contributed by atoms with Crippen LogP contribution in [0.4, 0.5) is 10.1 Å². The van der Waals surface area contributed by atoms with Crippen molar-refractivity contribution in [1.29, 1.82) is 0 Å². The molecule has 1 amide bonds. The van der Waals surface area contributed by atoms with E-state index >= 15 is 0 Å². The molecule has 92 valence electrons. The molecule has 4 heteroatoms. The Morgan fingerprint density at radius 1 is 1.59 bits per heavy atom. The number of halogens is 1. The highest BCUT2D eigenvalue weighted by atomic mass is 19.1. The number of anilines is 1. The van der Waals surface area contributed by atoms with Crippen LogP contribution in [0.3, 0.4) is 0 Å². The smallest absolute Gasteiger partial charge is 0.228 e. The maximum atomic E-state index is 13.2. The zero-order chi connectivity index (χ0) is 12.6. The van der Waals surface area contributed by atoms with Gasteiger partial charge in [-0.3, -0.25) is 4.79 Å². The molecule has 0 radical (unpaired) electrons. The zero-order valence-electron chi connectivity index (χ0n) is 10.1. The fourth-order valence-electron chi connectivity index (χ4n) is 1.95. The number of nitrogens with two attached hydrogens (primary N) is 1. The minimum absolute atomic E-state index is 0.00424. The van der Waals surface area contributed by atoms with Crippen LogP contribution in [0.25, 0.3) is 0 Å². The predicted molar refractivity (Wildman–Crippen MR) is 64.8 cm³/mol. The summed E-state index contributed by atoms with van der Waals surface area (Å²) in [5, 5.41) is 2.80. The SMILES string of the molecule is CC1(C)CC1C(=O)Nc1ccc(F)c(CN)c1. The Labute approximate surface area is 100 Å². The maximum absolute atomic E-state index is 13.2. The topological polar surface area (TPSA) is 55.1 Å². The molecule has 0 saturated heterocycles. The molecular weight excluding hydrogens is 219 g/mol. The van der Waals surface area contributed by atoms with Crippen LogP contribution >= 0.6 is 0 Å². The van der Waals surface area contributed by atoms with Crippen LogP contribution in [0, 0.1) is 17.2 Å². The first-order valence-corrected chi connectivity index (χ1v) is 5.73. The molecule has 0 spiro atoms. The highest BCUT2D eigenvalue weighted by molar-refractivity contribution is 5.95. The van der Waals surface area contributed by atoms with Crippen molar-refractivity contribution in [2.24, 2.45) is 17.1 Å². The summed E-state index contributed by atoms with van der Waals surface area (Å²) in [4.78, 5) is 11.8. The summed E-state index contributed by atoms with van der Waals surface area (Å²) in [6.07, 6.45) is 0.907. The normalized spacial score (nSPS) is 21.1. The number of carbonyl (C=O) groups excluding carboxylic acids is 1. The lowest BCUT2D eigenvalue weighted by Gasteiger charge is -2.08. The second-order valence-electron chi connectivity index (χ2n) is 5.24. The average Bonchev–Trinajstić information content (AvgIpc) is 2.91. The van der Waals surface area contributed by atoms with Crippen LogP contribution < -0.4 is 11.1 Å². The summed E-state index contributed by atoms with van der Waals surface area (Å²) < 4.78 is 13.2. The van der Waals surface area contributed by atoms with E-state index in [1.165, 1.54) is 6.07 Å². The summed E-state index contributed by atoms with van der Waals surface area (Å²) in [6, 6.07) is 4.47. The first kappa shape index (κ1) is 12.0. The zero-order valence-corrected chi connectivity index (χ0v) is 10.1. The van der Waals surface area contributed by atoms with E-state index in [-0.39, 0.29) is 29.6 Å². The Hall–Kier alpha value is -1.42. The molecule has 3 N–H and O–H groups in total. The highest BCUT2D eigenvalue weighted by Crippen LogP contribution is 2.51. The molecule has 1 fully saturated rings. The van der Waals surface area contributed by atoms with Gasteiger partial charge in [0.25, 0.3) is 0 Å². The van der Waals surface area contributed by atoms with Crippen molar-refractivity contribution in [1.82, 2.24) is 0 Å². The summed E-state index contributed by atoms with van der Waals surface area (Å²) in [5.41, 5.74) is 6.54. The number of hydrogen-bond acceptors (Lipinski definition) is 2. The molecule has 1 aromatic carbocycles. The minimum Gasteiger partial charge on any atom is -0.326 e. The monoisotopic (exact) mass is 236 g/mol. The van der Waals surface area contributed by atoms with E-state index in [1.807, 2.05) is 0 Å². The number of carbonyl (C=O) groups is 1. The van der Waals surface area contributed by atoms with Crippen LogP contribution in [0.15, 0.2) is 18.2 Å². The van der Waals surface area contributed by atoms with E-state index < -0.39 is 0 Å². The second kappa shape index (κ2) is 4.11. The van der Waals surface area contributed by atoms with Gasteiger partial charge in [-0.25, -0.2) is 4.39 Å². The minimum atomic E-state index is -0.336. The first-order chi connectivity index (χ1) is 7.94. The Kier molecular flexibility index (Phi) is 2.91. The van der Waals surface area contributed by atoms with Crippen LogP contribution in [-0.2, 0) is 11.3 Å². The van der Waals surface area contributed by atoms with Gasteiger partial charge in [0.05, 0.1) is 0 Å². The van der Waals surface area contributed by atoms with Gasteiger partial charge in [0.2, 0.25) is 5.91 Å². The third kappa shape index (κ3) is 2.47. The number of hydrogen-bond donors (Lipinski definition) is 2.